The summed E-state index contributed by atoms with van der Waals surface area (Å²) in [6.07, 6.45) is 4.43. The predicted molar refractivity (Wildman–Crippen MR) is 107 cm³/mol. The van der Waals surface area contributed by atoms with Crippen LogP contribution in [0.15, 0.2) is 48.7 Å². The normalized spacial score (nSPS) is 15.6. The number of aromatic nitrogens is 1. The van der Waals surface area contributed by atoms with E-state index in [1.54, 1.807) is 24.3 Å². The van der Waals surface area contributed by atoms with Crippen LogP contribution in [0.3, 0.4) is 0 Å². The minimum atomic E-state index is -0.171. The summed E-state index contributed by atoms with van der Waals surface area (Å²) in [5, 5.41) is 13.0. The maximum atomic E-state index is 12.5. The van der Waals surface area contributed by atoms with Crippen molar-refractivity contribution in [1.29, 1.82) is 5.26 Å². The Morgan fingerprint density at radius 1 is 1.19 bits per heavy atom. The number of piperidine rings is 1. The fourth-order valence-electron chi connectivity index (χ4n) is 3.78. The molecule has 1 fully saturated rings. The van der Waals surface area contributed by atoms with Crippen molar-refractivity contribution in [3.63, 3.8) is 0 Å². The first kappa shape index (κ1) is 17.3. The van der Waals surface area contributed by atoms with E-state index in [0.29, 0.717) is 17.0 Å². The average Bonchev–Trinajstić information content (AvgIpc) is 3.12. The summed E-state index contributed by atoms with van der Waals surface area (Å²) in [6.45, 7) is 2.24. The number of H-pyrrole nitrogens is 1. The number of nitrogens with one attached hydrogen (secondary N) is 2. The van der Waals surface area contributed by atoms with E-state index in [-0.39, 0.29) is 5.91 Å². The fraction of sp³-hybridized carbons (Fsp3) is 0.273. The molecule has 2 heterocycles. The number of benzene rings is 2. The molecule has 2 aromatic carbocycles. The first-order valence-electron chi connectivity index (χ1n) is 9.25. The Labute approximate surface area is 158 Å². The standard InChI is InChI=1S/C22H22N4O/c1-26-10-8-16(9-11-26)20-14-24-21-7-6-18(12-19(20)21)25-22(27)17-4-2-15(13-23)3-5-17/h2-7,12,14,16,24H,8-11H2,1H3,(H,25,27). The van der Waals surface area contributed by atoms with Crippen molar-refractivity contribution in [1.82, 2.24) is 9.88 Å². The molecule has 1 aliphatic rings. The van der Waals surface area contributed by atoms with E-state index in [4.69, 9.17) is 5.26 Å². The number of fused-ring (bicyclic) bond motifs is 1. The smallest absolute Gasteiger partial charge is 0.255 e. The summed E-state index contributed by atoms with van der Waals surface area (Å²) < 4.78 is 0. The monoisotopic (exact) mass is 358 g/mol. The van der Waals surface area contributed by atoms with Gasteiger partial charge >= 0.3 is 0 Å². The van der Waals surface area contributed by atoms with Crippen molar-refractivity contribution >= 4 is 22.5 Å². The van der Waals surface area contributed by atoms with Crippen LogP contribution in [-0.4, -0.2) is 35.9 Å². The number of carbonyl (C=O) groups excluding carboxylic acids is 1. The summed E-state index contributed by atoms with van der Waals surface area (Å²) in [4.78, 5) is 18.2. The highest BCUT2D eigenvalue weighted by molar-refractivity contribution is 6.05. The van der Waals surface area contributed by atoms with Gasteiger partial charge in [0, 0.05) is 28.4 Å². The number of amides is 1. The maximum Gasteiger partial charge on any atom is 0.255 e. The SMILES string of the molecule is CN1CCC(c2c[nH]c3ccc(NC(=O)c4ccc(C#N)cc4)cc23)CC1. The maximum absolute atomic E-state index is 12.5. The molecule has 1 aromatic heterocycles. The van der Waals surface area contributed by atoms with Crippen LogP contribution in [0.1, 0.15) is 40.2 Å². The van der Waals surface area contributed by atoms with Crippen LogP contribution in [0.5, 0.6) is 0 Å². The van der Waals surface area contributed by atoms with Gasteiger partial charge in [-0.2, -0.15) is 5.26 Å². The number of aromatic amines is 1. The molecule has 5 nitrogen and oxygen atoms in total. The van der Waals surface area contributed by atoms with Gasteiger partial charge in [0.25, 0.3) is 5.91 Å². The number of hydrogen-bond acceptors (Lipinski definition) is 3. The van der Waals surface area contributed by atoms with Crippen LogP contribution in [0.25, 0.3) is 10.9 Å². The molecule has 1 amide bonds. The summed E-state index contributed by atoms with van der Waals surface area (Å²) in [6, 6.07) is 14.7. The number of carbonyl (C=O) groups is 1. The number of anilines is 1. The molecular weight excluding hydrogens is 336 g/mol. The zero-order valence-electron chi connectivity index (χ0n) is 15.3. The first-order valence-corrected chi connectivity index (χ1v) is 9.25. The van der Waals surface area contributed by atoms with Crippen molar-refractivity contribution in [2.75, 3.05) is 25.5 Å². The van der Waals surface area contributed by atoms with E-state index < -0.39 is 0 Å². The zero-order valence-corrected chi connectivity index (χ0v) is 15.3. The molecule has 0 saturated carbocycles. The van der Waals surface area contributed by atoms with E-state index in [9.17, 15) is 4.79 Å². The van der Waals surface area contributed by atoms with E-state index in [2.05, 4.69) is 40.6 Å². The highest BCUT2D eigenvalue weighted by Gasteiger charge is 2.21. The molecule has 4 rings (SSSR count). The second-order valence-electron chi connectivity index (χ2n) is 7.23. The lowest BCUT2D eigenvalue weighted by atomic mass is 9.89. The molecule has 3 aromatic rings. The van der Waals surface area contributed by atoms with Crippen LogP contribution in [-0.2, 0) is 0 Å². The van der Waals surface area contributed by atoms with Gasteiger partial charge in [-0.1, -0.05) is 0 Å². The topological polar surface area (TPSA) is 71.9 Å². The van der Waals surface area contributed by atoms with Gasteiger partial charge in [0.15, 0.2) is 0 Å². The van der Waals surface area contributed by atoms with Gasteiger partial charge in [-0.05, 0) is 86.9 Å². The lowest BCUT2D eigenvalue weighted by Gasteiger charge is -2.28. The molecule has 1 aliphatic heterocycles. The Morgan fingerprint density at radius 3 is 2.63 bits per heavy atom. The second kappa shape index (κ2) is 7.26. The van der Waals surface area contributed by atoms with E-state index >= 15 is 0 Å². The first-order chi connectivity index (χ1) is 13.1. The molecule has 0 unspecified atom stereocenters. The van der Waals surface area contributed by atoms with Crippen LogP contribution in [0.4, 0.5) is 5.69 Å². The quantitative estimate of drug-likeness (QED) is 0.740. The Balaban J connectivity index is 1.56. The third-order valence-corrected chi connectivity index (χ3v) is 5.41. The molecule has 0 bridgehead atoms. The minimum Gasteiger partial charge on any atom is -0.361 e. The molecule has 2 N–H and O–H groups in total. The van der Waals surface area contributed by atoms with Crippen molar-refractivity contribution in [3.8, 4) is 6.07 Å². The molecule has 0 radical (unpaired) electrons. The molecule has 0 aliphatic carbocycles. The molecule has 5 heteroatoms. The lowest BCUT2D eigenvalue weighted by molar-refractivity contribution is 0.102. The number of nitriles is 1. The van der Waals surface area contributed by atoms with Gasteiger partial charge in [-0.15, -0.1) is 0 Å². The summed E-state index contributed by atoms with van der Waals surface area (Å²) >= 11 is 0. The van der Waals surface area contributed by atoms with Crippen LogP contribution < -0.4 is 5.32 Å². The lowest BCUT2D eigenvalue weighted by Crippen LogP contribution is -2.29. The summed E-state index contributed by atoms with van der Waals surface area (Å²) in [7, 11) is 2.17. The second-order valence-corrected chi connectivity index (χ2v) is 7.23. The Hall–Kier alpha value is -3.10. The van der Waals surface area contributed by atoms with E-state index in [1.165, 1.54) is 10.9 Å². The van der Waals surface area contributed by atoms with Crippen LogP contribution in [0.2, 0.25) is 0 Å². The highest BCUT2D eigenvalue weighted by atomic mass is 16.1. The number of nitrogens with zero attached hydrogens (tertiary/aromatic N) is 2. The summed E-state index contributed by atoms with van der Waals surface area (Å²) in [5.41, 5.74) is 4.31. The molecule has 0 spiro atoms. The number of rotatable bonds is 3. The molecular formula is C22H22N4O. The minimum absolute atomic E-state index is 0.171. The van der Waals surface area contributed by atoms with Crippen LogP contribution >= 0.6 is 0 Å². The highest BCUT2D eigenvalue weighted by Crippen LogP contribution is 2.34. The van der Waals surface area contributed by atoms with Crippen LogP contribution in [0, 0.1) is 11.3 Å². The van der Waals surface area contributed by atoms with Gasteiger partial charge in [0.2, 0.25) is 0 Å². The number of likely N-dealkylation sites (tertiary alicyclic amines) is 1. The fourth-order valence-corrected chi connectivity index (χ4v) is 3.78. The molecule has 27 heavy (non-hydrogen) atoms. The van der Waals surface area contributed by atoms with Gasteiger partial charge in [0.05, 0.1) is 11.6 Å². The van der Waals surface area contributed by atoms with Crippen molar-refractivity contribution in [2.24, 2.45) is 0 Å². The summed E-state index contributed by atoms with van der Waals surface area (Å²) in [5.74, 6) is 0.384. The van der Waals surface area contributed by atoms with E-state index in [1.807, 2.05) is 12.1 Å². The largest absolute Gasteiger partial charge is 0.361 e. The Kier molecular flexibility index (Phi) is 4.66. The van der Waals surface area contributed by atoms with E-state index in [0.717, 1.165) is 37.1 Å². The van der Waals surface area contributed by atoms with Gasteiger partial charge in [0.1, 0.15) is 0 Å². The predicted octanol–water partition coefficient (Wildman–Crippen LogP) is 4.10. The van der Waals surface area contributed by atoms with Gasteiger partial charge < -0.3 is 15.2 Å². The van der Waals surface area contributed by atoms with Crippen molar-refractivity contribution in [3.05, 3.63) is 65.4 Å². The van der Waals surface area contributed by atoms with Gasteiger partial charge in [-0.25, -0.2) is 0 Å². The average molecular weight is 358 g/mol. The zero-order chi connectivity index (χ0) is 18.8. The third-order valence-electron chi connectivity index (χ3n) is 5.41. The van der Waals surface area contributed by atoms with Gasteiger partial charge in [-0.3, -0.25) is 4.79 Å². The van der Waals surface area contributed by atoms with Crippen molar-refractivity contribution in [2.45, 2.75) is 18.8 Å². The molecule has 1 saturated heterocycles. The molecule has 0 atom stereocenters. The molecule has 136 valence electrons. The number of hydrogen-bond donors (Lipinski definition) is 2. The third kappa shape index (κ3) is 3.57. The Morgan fingerprint density at radius 2 is 1.93 bits per heavy atom. The Bertz CT molecular complexity index is 1000. The van der Waals surface area contributed by atoms with Crippen molar-refractivity contribution < 1.29 is 4.79 Å².